The number of ether oxygens (including phenoxy) is 1. The third-order valence-corrected chi connectivity index (χ3v) is 2.78. The summed E-state index contributed by atoms with van der Waals surface area (Å²) in [5.74, 6) is -0.388. The number of hydrogen-bond donors (Lipinski definition) is 3. The van der Waals surface area contributed by atoms with Crippen LogP contribution in [0.5, 0.6) is 0 Å². The van der Waals surface area contributed by atoms with Crippen LogP contribution in [0, 0.1) is 0 Å². The van der Waals surface area contributed by atoms with Crippen molar-refractivity contribution in [2.24, 2.45) is 0 Å². The van der Waals surface area contributed by atoms with Crippen LogP contribution in [-0.2, 0) is 9.53 Å². The number of amides is 3. The number of hydrogen-bond acceptors (Lipinski definition) is 5. The minimum absolute atomic E-state index is 0.0881. The van der Waals surface area contributed by atoms with Crippen molar-refractivity contribution in [3.63, 3.8) is 0 Å². The smallest absolute Gasteiger partial charge is 0.321 e. The molecule has 20 heavy (non-hydrogen) atoms. The van der Waals surface area contributed by atoms with E-state index in [9.17, 15) is 14.7 Å². The molecule has 0 aromatic heterocycles. The fraction of sp³-hybridized carbons (Fsp3) is 0.692. The van der Waals surface area contributed by atoms with Gasteiger partial charge in [0, 0.05) is 19.6 Å². The third-order valence-electron chi connectivity index (χ3n) is 2.78. The molecular formula is C13H23N3O4. The molecule has 7 heteroatoms. The molecule has 0 bridgehead atoms. The zero-order valence-electron chi connectivity index (χ0n) is 12.0. The summed E-state index contributed by atoms with van der Waals surface area (Å²) < 4.78 is 5.66. The first-order valence-electron chi connectivity index (χ1n) is 6.56. The maximum Gasteiger partial charge on any atom is 0.321 e. The molecule has 1 rings (SSSR count). The number of rotatable bonds is 5. The number of carbonyl (C=O) groups excluding carboxylic acids is 2. The number of nitrogens with zero attached hydrogens (tertiary/aromatic N) is 1. The minimum Gasteiger partial charge on any atom is -0.394 e. The van der Waals surface area contributed by atoms with Gasteiger partial charge in [-0.05, 0) is 13.8 Å². The molecular weight excluding hydrogens is 262 g/mol. The molecule has 3 amide bonds. The zero-order valence-corrected chi connectivity index (χ0v) is 12.0. The minimum atomic E-state index is -0.541. The molecule has 0 radical (unpaired) electrons. The lowest BCUT2D eigenvalue weighted by Crippen LogP contribution is -2.56. The van der Waals surface area contributed by atoms with Gasteiger partial charge in [0.2, 0.25) is 5.91 Å². The largest absolute Gasteiger partial charge is 0.394 e. The summed E-state index contributed by atoms with van der Waals surface area (Å²) in [6.45, 7) is 8.58. The molecule has 114 valence electrons. The highest BCUT2D eigenvalue weighted by molar-refractivity contribution is 5.95. The van der Waals surface area contributed by atoms with Crippen molar-refractivity contribution in [1.29, 1.82) is 0 Å². The molecule has 0 aliphatic carbocycles. The Balaban J connectivity index is 2.44. The fourth-order valence-electron chi connectivity index (χ4n) is 2.21. The molecule has 1 atom stereocenters. The van der Waals surface area contributed by atoms with Crippen LogP contribution in [0.3, 0.4) is 0 Å². The Labute approximate surface area is 119 Å². The maximum absolute atomic E-state index is 11.7. The lowest BCUT2D eigenvalue weighted by molar-refractivity contribution is -0.152. The van der Waals surface area contributed by atoms with E-state index in [0.717, 1.165) is 0 Å². The van der Waals surface area contributed by atoms with Crippen LogP contribution < -0.4 is 10.6 Å². The van der Waals surface area contributed by atoms with Crippen molar-refractivity contribution in [1.82, 2.24) is 15.5 Å². The SMILES string of the molecule is C=CCNC(=O)NC(=O)CN1CC(CO)OC(C)(C)C1. The van der Waals surface area contributed by atoms with E-state index >= 15 is 0 Å². The highest BCUT2D eigenvalue weighted by atomic mass is 16.5. The van der Waals surface area contributed by atoms with Gasteiger partial charge in [0.1, 0.15) is 0 Å². The quantitative estimate of drug-likeness (QED) is 0.591. The van der Waals surface area contributed by atoms with Gasteiger partial charge in [0.25, 0.3) is 0 Å². The van der Waals surface area contributed by atoms with Gasteiger partial charge in [0.05, 0.1) is 24.9 Å². The second-order valence-electron chi connectivity index (χ2n) is 5.40. The summed E-state index contributed by atoms with van der Waals surface area (Å²) in [4.78, 5) is 24.9. The lowest BCUT2D eigenvalue weighted by Gasteiger charge is -2.41. The molecule has 1 unspecified atom stereocenters. The van der Waals surface area contributed by atoms with E-state index in [0.29, 0.717) is 19.6 Å². The van der Waals surface area contributed by atoms with Crippen LogP contribution in [0.1, 0.15) is 13.8 Å². The lowest BCUT2D eigenvalue weighted by atomic mass is 10.1. The maximum atomic E-state index is 11.7. The molecule has 1 saturated heterocycles. The molecule has 3 N–H and O–H groups in total. The van der Waals surface area contributed by atoms with Gasteiger partial charge in [-0.3, -0.25) is 15.0 Å². The normalized spacial score (nSPS) is 22.1. The van der Waals surface area contributed by atoms with Crippen molar-refractivity contribution in [3.8, 4) is 0 Å². The number of urea groups is 1. The molecule has 1 heterocycles. The van der Waals surface area contributed by atoms with Crippen LogP contribution in [0.4, 0.5) is 4.79 Å². The predicted molar refractivity (Wildman–Crippen MR) is 74.2 cm³/mol. The van der Waals surface area contributed by atoms with Gasteiger partial charge < -0.3 is 15.2 Å². The van der Waals surface area contributed by atoms with Gasteiger partial charge in [0.15, 0.2) is 0 Å². The summed E-state index contributed by atoms with van der Waals surface area (Å²) in [5, 5.41) is 13.9. The predicted octanol–water partition coefficient (Wildman–Crippen LogP) is -0.530. The molecule has 0 aromatic rings. The average molecular weight is 285 g/mol. The number of carbonyl (C=O) groups is 2. The number of imide groups is 1. The van der Waals surface area contributed by atoms with Crippen LogP contribution in [0.25, 0.3) is 0 Å². The standard InChI is InChI=1S/C13H23N3O4/c1-4-5-14-12(19)15-11(18)7-16-6-10(8-17)20-13(2,3)9-16/h4,10,17H,1,5-9H2,2-3H3,(H2,14,15,18,19). The van der Waals surface area contributed by atoms with E-state index in [1.165, 1.54) is 6.08 Å². The summed E-state index contributed by atoms with van der Waals surface area (Å²) in [5.41, 5.74) is -0.434. The first-order valence-corrected chi connectivity index (χ1v) is 6.56. The number of morpholine rings is 1. The first kappa shape index (κ1) is 16.6. The number of aliphatic hydroxyl groups excluding tert-OH is 1. The summed E-state index contributed by atoms with van der Waals surface area (Å²) in [7, 11) is 0. The van der Waals surface area contributed by atoms with E-state index in [-0.39, 0.29) is 25.2 Å². The summed E-state index contributed by atoms with van der Waals surface area (Å²) in [6.07, 6.45) is 1.21. The highest BCUT2D eigenvalue weighted by Gasteiger charge is 2.33. The van der Waals surface area contributed by atoms with Crippen LogP contribution in [0.15, 0.2) is 12.7 Å². The van der Waals surface area contributed by atoms with Crippen molar-refractivity contribution >= 4 is 11.9 Å². The molecule has 0 aromatic carbocycles. The second kappa shape index (κ2) is 7.37. The average Bonchev–Trinajstić information content (AvgIpc) is 2.33. The Morgan fingerprint density at radius 1 is 1.55 bits per heavy atom. The topological polar surface area (TPSA) is 90.9 Å². The van der Waals surface area contributed by atoms with Crippen molar-refractivity contribution < 1.29 is 19.4 Å². The molecule has 1 fully saturated rings. The molecule has 1 aliphatic heterocycles. The molecule has 1 aliphatic rings. The second-order valence-corrected chi connectivity index (χ2v) is 5.40. The first-order chi connectivity index (χ1) is 9.36. The monoisotopic (exact) mass is 285 g/mol. The van der Waals surface area contributed by atoms with E-state index in [4.69, 9.17) is 4.74 Å². The van der Waals surface area contributed by atoms with E-state index in [1.54, 1.807) is 0 Å². The van der Waals surface area contributed by atoms with Crippen LogP contribution in [0.2, 0.25) is 0 Å². The Morgan fingerprint density at radius 3 is 2.85 bits per heavy atom. The van der Waals surface area contributed by atoms with Gasteiger partial charge in [-0.2, -0.15) is 0 Å². The van der Waals surface area contributed by atoms with Crippen molar-refractivity contribution in [2.45, 2.75) is 25.6 Å². The van der Waals surface area contributed by atoms with Crippen LogP contribution >= 0.6 is 0 Å². The summed E-state index contributed by atoms with van der Waals surface area (Å²) >= 11 is 0. The Bertz CT molecular complexity index is 371. The highest BCUT2D eigenvalue weighted by Crippen LogP contribution is 2.20. The van der Waals surface area contributed by atoms with Crippen molar-refractivity contribution in [2.75, 3.05) is 32.8 Å². The fourth-order valence-corrected chi connectivity index (χ4v) is 2.21. The Hall–Kier alpha value is -1.44. The van der Waals surface area contributed by atoms with Crippen molar-refractivity contribution in [3.05, 3.63) is 12.7 Å². The Morgan fingerprint density at radius 2 is 2.25 bits per heavy atom. The van der Waals surface area contributed by atoms with Gasteiger partial charge >= 0.3 is 6.03 Å². The molecule has 0 saturated carbocycles. The molecule has 7 nitrogen and oxygen atoms in total. The van der Waals surface area contributed by atoms with Crippen LogP contribution in [-0.4, -0.2) is 66.4 Å². The van der Waals surface area contributed by atoms with E-state index < -0.39 is 11.6 Å². The Kier molecular flexibility index (Phi) is 6.12. The van der Waals surface area contributed by atoms with Gasteiger partial charge in [-0.25, -0.2) is 4.79 Å². The number of nitrogens with one attached hydrogen (secondary N) is 2. The summed E-state index contributed by atoms with van der Waals surface area (Å²) in [6, 6.07) is -0.541. The third kappa shape index (κ3) is 5.68. The molecule has 0 spiro atoms. The van der Waals surface area contributed by atoms with E-state index in [1.807, 2.05) is 18.7 Å². The van der Waals surface area contributed by atoms with Gasteiger partial charge in [-0.1, -0.05) is 6.08 Å². The van der Waals surface area contributed by atoms with E-state index in [2.05, 4.69) is 17.2 Å². The number of aliphatic hydroxyl groups is 1. The van der Waals surface area contributed by atoms with Gasteiger partial charge in [-0.15, -0.1) is 6.58 Å². The zero-order chi connectivity index (χ0) is 15.2.